The molecule has 1 N–H and O–H groups in total. The number of alkyl halides is 3. The van der Waals surface area contributed by atoms with Crippen LogP contribution in [0.4, 0.5) is 18.0 Å². The molecule has 1 saturated heterocycles. The lowest BCUT2D eigenvalue weighted by molar-refractivity contribution is -0.137. The number of rotatable bonds is 6. The molecule has 0 spiro atoms. The lowest BCUT2D eigenvalue weighted by Gasteiger charge is -2.37. The van der Waals surface area contributed by atoms with Gasteiger partial charge in [0.15, 0.2) is 0 Å². The summed E-state index contributed by atoms with van der Waals surface area (Å²) in [5.74, 6) is 0.708. The normalized spacial score (nSPS) is 20.2. The van der Waals surface area contributed by atoms with Crippen LogP contribution < -0.4 is 4.74 Å². The molecule has 1 amide bonds. The fourth-order valence-electron chi connectivity index (χ4n) is 3.50. The van der Waals surface area contributed by atoms with Gasteiger partial charge in [-0.25, -0.2) is 4.79 Å². The van der Waals surface area contributed by atoms with E-state index in [1.165, 1.54) is 28.4 Å². The summed E-state index contributed by atoms with van der Waals surface area (Å²) in [6.45, 7) is 0.861. The third kappa shape index (κ3) is 5.37. The van der Waals surface area contributed by atoms with Crippen molar-refractivity contribution in [2.75, 3.05) is 13.2 Å². The van der Waals surface area contributed by atoms with Gasteiger partial charge in [-0.1, -0.05) is 0 Å². The third-order valence-electron chi connectivity index (χ3n) is 4.97. The second-order valence-corrected chi connectivity index (χ2v) is 7.82. The number of likely N-dealkylation sites (tertiary alicyclic amines) is 1. The third-order valence-corrected chi connectivity index (χ3v) is 5.77. The maximum absolute atomic E-state index is 12.6. The molecule has 5 nitrogen and oxygen atoms in total. The van der Waals surface area contributed by atoms with Crippen molar-refractivity contribution in [3.05, 3.63) is 46.4 Å². The Morgan fingerprint density at radius 3 is 2.68 bits per heavy atom. The molecule has 0 aliphatic carbocycles. The Morgan fingerprint density at radius 2 is 2.07 bits per heavy atom. The molecule has 28 heavy (non-hydrogen) atoms. The first-order chi connectivity index (χ1) is 13.3. The maximum atomic E-state index is 12.6. The highest BCUT2D eigenvalue weighted by atomic mass is 32.1. The second kappa shape index (κ2) is 8.81. The van der Waals surface area contributed by atoms with Gasteiger partial charge in [-0.05, 0) is 49.4 Å². The van der Waals surface area contributed by atoms with Crippen molar-refractivity contribution in [3.8, 4) is 5.75 Å². The van der Waals surface area contributed by atoms with Gasteiger partial charge >= 0.3 is 12.3 Å². The first-order valence-corrected chi connectivity index (χ1v) is 9.88. The molecule has 0 saturated carbocycles. The van der Waals surface area contributed by atoms with Gasteiger partial charge in [-0.15, -0.1) is 11.3 Å². The van der Waals surface area contributed by atoms with E-state index in [9.17, 15) is 23.1 Å². The number of hydrogen-bond acceptors (Lipinski definition) is 4. The standard InChI is InChI=1S/C19H21F3N2O3S/c20-19(21,22)14-1-3-16(4-2-14)27-8-6-13-5-7-24(18(25)26)15(9-13)10-17-11-23-12-28-17/h1-4,11-13,15H,5-10H2,(H,25,26). The molecule has 2 unspecified atom stereocenters. The van der Waals surface area contributed by atoms with Crippen LogP contribution in [0.1, 0.15) is 29.7 Å². The van der Waals surface area contributed by atoms with Gasteiger partial charge in [0.05, 0.1) is 17.7 Å². The number of carbonyl (C=O) groups is 1. The number of halogens is 3. The van der Waals surface area contributed by atoms with Gasteiger partial charge in [-0.3, -0.25) is 4.98 Å². The van der Waals surface area contributed by atoms with E-state index in [1.807, 2.05) is 0 Å². The predicted molar refractivity (Wildman–Crippen MR) is 98.6 cm³/mol. The van der Waals surface area contributed by atoms with E-state index >= 15 is 0 Å². The van der Waals surface area contributed by atoms with Crippen molar-refractivity contribution >= 4 is 17.4 Å². The van der Waals surface area contributed by atoms with E-state index < -0.39 is 17.8 Å². The van der Waals surface area contributed by atoms with Gasteiger partial charge in [0.1, 0.15) is 5.75 Å². The Bertz CT molecular complexity index is 766. The second-order valence-electron chi connectivity index (χ2n) is 6.85. The molecule has 2 heterocycles. The number of thiazole rings is 1. The van der Waals surface area contributed by atoms with Gasteiger partial charge in [-0.2, -0.15) is 13.2 Å². The summed E-state index contributed by atoms with van der Waals surface area (Å²) in [6.07, 6.45) is -0.635. The summed E-state index contributed by atoms with van der Waals surface area (Å²) in [4.78, 5) is 18.1. The molecule has 1 fully saturated rings. The fourth-order valence-corrected chi connectivity index (χ4v) is 4.17. The van der Waals surface area contributed by atoms with Crippen LogP contribution in [0, 0.1) is 5.92 Å². The highest BCUT2D eigenvalue weighted by molar-refractivity contribution is 7.09. The summed E-state index contributed by atoms with van der Waals surface area (Å²) in [5.41, 5.74) is 1.03. The minimum Gasteiger partial charge on any atom is -0.494 e. The zero-order valence-corrected chi connectivity index (χ0v) is 15.9. The van der Waals surface area contributed by atoms with Gasteiger partial charge in [0.25, 0.3) is 0 Å². The molecular formula is C19H21F3N2O3S. The Kier molecular flexibility index (Phi) is 6.43. The number of benzene rings is 1. The molecule has 152 valence electrons. The van der Waals surface area contributed by atoms with E-state index in [4.69, 9.17) is 4.74 Å². The summed E-state index contributed by atoms with van der Waals surface area (Å²) in [7, 11) is 0. The number of ether oxygens (including phenoxy) is 1. The maximum Gasteiger partial charge on any atom is 0.416 e. The highest BCUT2D eigenvalue weighted by Gasteiger charge is 2.32. The van der Waals surface area contributed by atoms with E-state index in [0.29, 0.717) is 31.2 Å². The highest BCUT2D eigenvalue weighted by Crippen LogP contribution is 2.31. The summed E-state index contributed by atoms with van der Waals surface area (Å²) >= 11 is 1.51. The van der Waals surface area contributed by atoms with Crippen molar-refractivity contribution in [1.29, 1.82) is 0 Å². The Labute approximate surface area is 164 Å². The van der Waals surface area contributed by atoms with Crippen LogP contribution in [-0.4, -0.2) is 40.3 Å². The Hall–Kier alpha value is -2.29. The van der Waals surface area contributed by atoms with Gasteiger partial charge in [0.2, 0.25) is 0 Å². The zero-order valence-electron chi connectivity index (χ0n) is 15.1. The van der Waals surface area contributed by atoms with E-state index in [2.05, 4.69) is 4.98 Å². The average molecular weight is 414 g/mol. The predicted octanol–water partition coefficient (Wildman–Crippen LogP) is 4.93. The van der Waals surface area contributed by atoms with Crippen LogP contribution in [0.3, 0.4) is 0 Å². The Balaban J connectivity index is 1.51. The molecule has 2 aromatic rings. The first kappa shape index (κ1) is 20.4. The molecule has 1 aromatic carbocycles. The number of hydrogen-bond donors (Lipinski definition) is 1. The molecule has 3 rings (SSSR count). The molecule has 1 aromatic heterocycles. The van der Waals surface area contributed by atoms with Gasteiger partial charge in [0, 0.05) is 30.1 Å². The van der Waals surface area contributed by atoms with Crippen LogP contribution in [0.15, 0.2) is 36.0 Å². The van der Waals surface area contributed by atoms with Crippen LogP contribution in [-0.2, 0) is 12.6 Å². The summed E-state index contributed by atoms with van der Waals surface area (Å²) < 4.78 is 43.3. The van der Waals surface area contributed by atoms with Gasteiger partial charge < -0.3 is 14.7 Å². The largest absolute Gasteiger partial charge is 0.494 e. The molecule has 9 heteroatoms. The average Bonchev–Trinajstić information content (AvgIpc) is 3.14. The van der Waals surface area contributed by atoms with Crippen LogP contribution in [0.5, 0.6) is 5.75 Å². The zero-order chi connectivity index (χ0) is 20.1. The van der Waals surface area contributed by atoms with Crippen LogP contribution in [0.25, 0.3) is 0 Å². The quantitative estimate of drug-likeness (QED) is 0.728. The lowest BCUT2D eigenvalue weighted by atomic mass is 9.87. The monoisotopic (exact) mass is 414 g/mol. The summed E-state index contributed by atoms with van der Waals surface area (Å²) in [5, 5.41) is 9.44. The van der Waals surface area contributed by atoms with E-state index in [1.54, 1.807) is 11.7 Å². The molecule has 2 atom stereocenters. The smallest absolute Gasteiger partial charge is 0.416 e. The number of nitrogens with zero attached hydrogens (tertiary/aromatic N) is 2. The van der Waals surface area contributed by atoms with Crippen molar-refractivity contribution in [2.45, 2.75) is 37.9 Å². The van der Waals surface area contributed by atoms with Crippen molar-refractivity contribution in [1.82, 2.24) is 9.88 Å². The molecule has 0 radical (unpaired) electrons. The van der Waals surface area contributed by atoms with Crippen molar-refractivity contribution in [2.24, 2.45) is 5.92 Å². The molecule has 0 bridgehead atoms. The topological polar surface area (TPSA) is 62.7 Å². The molecule has 1 aliphatic heterocycles. The van der Waals surface area contributed by atoms with Crippen LogP contribution in [0.2, 0.25) is 0 Å². The summed E-state index contributed by atoms with van der Waals surface area (Å²) in [6, 6.07) is 4.56. The fraction of sp³-hybridized carbons (Fsp3) is 0.474. The number of aromatic nitrogens is 1. The molecular weight excluding hydrogens is 393 g/mol. The Morgan fingerprint density at radius 1 is 1.32 bits per heavy atom. The van der Waals surface area contributed by atoms with E-state index in [0.717, 1.165) is 36.3 Å². The first-order valence-electron chi connectivity index (χ1n) is 9.00. The minimum absolute atomic E-state index is 0.0947. The lowest BCUT2D eigenvalue weighted by Crippen LogP contribution is -2.46. The number of amides is 1. The van der Waals surface area contributed by atoms with Crippen molar-refractivity contribution in [3.63, 3.8) is 0 Å². The molecule has 1 aliphatic rings. The number of piperidine rings is 1. The van der Waals surface area contributed by atoms with E-state index in [-0.39, 0.29) is 6.04 Å². The minimum atomic E-state index is -4.36. The van der Waals surface area contributed by atoms with Crippen LogP contribution >= 0.6 is 11.3 Å². The number of carboxylic acid groups (broad SMARTS) is 1. The van der Waals surface area contributed by atoms with Crippen molar-refractivity contribution < 1.29 is 27.8 Å². The SMILES string of the molecule is O=C(O)N1CCC(CCOc2ccc(C(F)(F)F)cc2)CC1Cc1cncs1.